The van der Waals surface area contributed by atoms with Crippen LogP contribution in [0.1, 0.15) is 38.3 Å². The monoisotopic (exact) mass is 779 g/mol. The molecule has 1 aromatic heterocycles. The molecule has 0 saturated carbocycles. The maximum atomic E-state index is 13.5. The molecule has 0 fully saturated rings. The number of rotatable bonds is 5. The number of carbonyl (C=O) groups excluding carboxylic acids is 3. The van der Waals surface area contributed by atoms with Crippen molar-refractivity contribution in [1.82, 2.24) is 4.90 Å². The van der Waals surface area contributed by atoms with Crippen LogP contribution in [0.5, 0.6) is 5.75 Å². The van der Waals surface area contributed by atoms with E-state index in [9.17, 15) is 19.2 Å². The molecule has 0 unspecified atom stereocenters. The molecule has 7 nitrogen and oxygen atoms in total. The molecule has 0 spiro atoms. The van der Waals surface area contributed by atoms with Gasteiger partial charge in [-0.15, -0.1) is 0 Å². The van der Waals surface area contributed by atoms with Gasteiger partial charge < -0.3 is 9.15 Å². The third-order valence-corrected chi connectivity index (χ3v) is 11.0. The summed E-state index contributed by atoms with van der Waals surface area (Å²) in [5, 5.41) is 0.278. The highest BCUT2D eigenvalue weighted by atomic mass is 79.9. The molecule has 0 atom stereocenters. The summed E-state index contributed by atoms with van der Waals surface area (Å²) in [6, 6.07) is 12.5. The van der Waals surface area contributed by atoms with Crippen LogP contribution in [0.4, 0.5) is 0 Å². The third-order valence-electron chi connectivity index (χ3n) is 6.26. The Kier molecular flexibility index (Phi) is 7.71. The number of nitrogens with zero attached hydrogens (tertiary/aromatic N) is 1. The van der Waals surface area contributed by atoms with E-state index in [1.807, 2.05) is 32.0 Å². The molecule has 3 aromatic carbocycles. The molecule has 198 valence electrons. The second kappa shape index (κ2) is 10.8. The molecule has 2 amide bonds. The van der Waals surface area contributed by atoms with Crippen molar-refractivity contribution in [3.05, 3.63) is 92.8 Å². The van der Waals surface area contributed by atoms with Gasteiger partial charge in [0.1, 0.15) is 5.58 Å². The summed E-state index contributed by atoms with van der Waals surface area (Å²) >= 11 is 13.5. The van der Waals surface area contributed by atoms with Crippen molar-refractivity contribution in [1.29, 1.82) is 0 Å². The van der Waals surface area contributed by atoms with Gasteiger partial charge in [-0.3, -0.25) is 24.1 Å². The smallest absolute Gasteiger partial charge is 0.313 e. The molecule has 0 radical (unpaired) electrons. The molecule has 1 aliphatic rings. The minimum absolute atomic E-state index is 0.119. The maximum Gasteiger partial charge on any atom is 0.313 e. The zero-order valence-electron chi connectivity index (χ0n) is 20.4. The molecule has 2 heterocycles. The van der Waals surface area contributed by atoms with Crippen LogP contribution in [0.25, 0.3) is 22.3 Å². The van der Waals surface area contributed by atoms with Crippen LogP contribution in [0.15, 0.2) is 69.6 Å². The second-order valence-corrected chi connectivity index (χ2v) is 12.1. The Hall–Kier alpha value is -2.60. The zero-order chi connectivity index (χ0) is 28.2. The van der Waals surface area contributed by atoms with E-state index in [0.29, 0.717) is 29.0 Å². The highest BCUT2D eigenvalue weighted by Gasteiger charge is 2.41. The maximum absolute atomic E-state index is 13.5. The van der Waals surface area contributed by atoms with Gasteiger partial charge in [-0.25, -0.2) is 0 Å². The third kappa shape index (κ3) is 4.94. The minimum atomic E-state index is -0.792. The summed E-state index contributed by atoms with van der Waals surface area (Å²) in [5.74, 6) is -2.02. The fourth-order valence-corrected chi connectivity index (χ4v) is 6.70. The number of amides is 2. The van der Waals surface area contributed by atoms with Gasteiger partial charge in [0.05, 0.1) is 22.9 Å². The summed E-state index contributed by atoms with van der Waals surface area (Å²) in [7, 11) is 0. The molecule has 39 heavy (non-hydrogen) atoms. The van der Waals surface area contributed by atoms with E-state index in [-0.39, 0.29) is 41.0 Å². The number of carbonyl (C=O) groups is 3. The van der Waals surface area contributed by atoms with E-state index in [2.05, 4.69) is 63.7 Å². The zero-order valence-corrected chi connectivity index (χ0v) is 26.7. The van der Waals surface area contributed by atoms with Crippen LogP contribution < -0.4 is 10.2 Å². The minimum Gasteiger partial charge on any atom is -0.452 e. The summed E-state index contributed by atoms with van der Waals surface area (Å²) in [5.41, 5.74) is 2.65. The Labute approximate surface area is 256 Å². The lowest BCUT2D eigenvalue weighted by atomic mass is 10.1. The fraction of sp³-hybridized carbons (Fsp3) is 0.143. The van der Waals surface area contributed by atoms with Crippen LogP contribution >= 0.6 is 63.7 Å². The lowest BCUT2D eigenvalue weighted by molar-refractivity contribution is -0.134. The molecule has 11 heteroatoms. The molecule has 0 saturated heterocycles. The number of halogens is 4. The number of fused-ring (bicyclic) bond motifs is 2. The normalized spacial score (nSPS) is 12.8. The van der Waals surface area contributed by atoms with Crippen molar-refractivity contribution in [2.45, 2.75) is 20.3 Å². The first-order valence-electron chi connectivity index (χ1n) is 11.6. The van der Waals surface area contributed by atoms with Crippen molar-refractivity contribution >= 4 is 92.5 Å². The van der Waals surface area contributed by atoms with Gasteiger partial charge in [0.2, 0.25) is 11.2 Å². The highest BCUT2D eigenvalue weighted by Crippen LogP contribution is 2.45. The summed E-state index contributed by atoms with van der Waals surface area (Å²) in [6.45, 7) is 3.53. The number of aryl methyl sites for hydroxylation is 2. The van der Waals surface area contributed by atoms with E-state index in [4.69, 9.17) is 9.15 Å². The van der Waals surface area contributed by atoms with Gasteiger partial charge in [0.15, 0.2) is 5.76 Å². The molecule has 4 aromatic rings. The van der Waals surface area contributed by atoms with E-state index in [0.717, 1.165) is 16.0 Å². The average molecular weight is 783 g/mol. The van der Waals surface area contributed by atoms with Gasteiger partial charge in [-0.05, 0) is 89.7 Å². The molecular weight excluding hydrogens is 766 g/mol. The number of hydrogen-bond donors (Lipinski definition) is 0. The number of imide groups is 1. The van der Waals surface area contributed by atoms with Gasteiger partial charge in [0.25, 0.3) is 11.8 Å². The van der Waals surface area contributed by atoms with Crippen LogP contribution in [-0.4, -0.2) is 29.2 Å². The van der Waals surface area contributed by atoms with E-state index < -0.39 is 23.2 Å². The lowest BCUT2D eigenvalue weighted by Crippen LogP contribution is -2.33. The lowest BCUT2D eigenvalue weighted by Gasteiger charge is -2.14. The first-order chi connectivity index (χ1) is 18.5. The highest BCUT2D eigenvalue weighted by molar-refractivity contribution is 9.15. The van der Waals surface area contributed by atoms with Crippen molar-refractivity contribution in [3.8, 4) is 17.1 Å². The Balaban J connectivity index is 1.45. The fourth-order valence-electron chi connectivity index (χ4n) is 4.25. The first-order valence-corrected chi connectivity index (χ1v) is 14.7. The largest absolute Gasteiger partial charge is 0.452 e. The Morgan fingerprint density at radius 3 is 1.97 bits per heavy atom. The van der Waals surface area contributed by atoms with E-state index >= 15 is 0 Å². The SMILES string of the molecule is Cc1ccc(-c2oc3ccc(C)cc3c(=O)c2OC(=O)CCN2C(=O)c3c(Br)c(Br)c(Br)c(Br)c3C2=O)cc1. The standard InChI is InChI=1S/C28H17Br4NO6/c1-12-3-6-14(7-4-12)25-26(24(35)15-11-13(2)5-8-16(15)38-25)39-17(34)9-10-33-27(36)18-19(28(33)37)21(30)23(32)22(31)20(18)29/h3-8,11H,9-10H2,1-2H3. The topological polar surface area (TPSA) is 93.9 Å². The molecule has 0 bridgehead atoms. The Morgan fingerprint density at radius 1 is 0.821 bits per heavy atom. The Bertz CT molecular complexity index is 1730. The van der Waals surface area contributed by atoms with Crippen LogP contribution in [-0.2, 0) is 4.79 Å². The van der Waals surface area contributed by atoms with Crippen molar-refractivity contribution in [3.63, 3.8) is 0 Å². The molecular formula is C28H17Br4NO6. The van der Waals surface area contributed by atoms with Gasteiger partial charge >= 0.3 is 5.97 Å². The number of ether oxygens (including phenoxy) is 1. The van der Waals surface area contributed by atoms with Crippen molar-refractivity contribution in [2.24, 2.45) is 0 Å². The summed E-state index contributed by atoms with van der Waals surface area (Å²) in [4.78, 5) is 53.7. The molecule has 0 N–H and O–H groups in total. The number of hydrogen-bond acceptors (Lipinski definition) is 6. The van der Waals surface area contributed by atoms with Crippen molar-refractivity contribution < 1.29 is 23.5 Å². The predicted molar refractivity (Wildman–Crippen MR) is 160 cm³/mol. The number of esters is 1. The molecule has 0 aliphatic carbocycles. The van der Waals surface area contributed by atoms with Crippen LogP contribution in [0.3, 0.4) is 0 Å². The van der Waals surface area contributed by atoms with Gasteiger partial charge in [-0.1, -0.05) is 41.5 Å². The van der Waals surface area contributed by atoms with Crippen LogP contribution in [0, 0.1) is 13.8 Å². The quantitative estimate of drug-likeness (QED) is 0.0892. The van der Waals surface area contributed by atoms with Crippen molar-refractivity contribution in [2.75, 3.05) is 6.54 Å². The number of benzene rings is 3. The van der Waals surface area contributed by atoms with Crippen LogP contribution in [0.2, 0.25) is 0 Å². The van der Waals surface area contributed by atoms with Gasteiger partial charge in [-0.2, -0.15) is 0 Å². The molecule has 1 aliphatic heterocycles. The predicted octanol–water partition coefficient (Wildman–Crippen LogP) is 7.72. The van der Waals surface area contributed by atoms with Gasteiger partial charge in [0, 0.05) is 30.0 Å². The van der Waals surface area contributed by atoms with E-state index in [1.165, 1.54) is 0 Å². The van der Waals surface area contributed by atoms with E-state index in [1.54, 1.807) is 24.3 Å². The first kappa shape index (κ1) is 27.9. The average Bonchev–Trinajstić information content (AvgIpc) is 3.16. The molecule has 5 rings (SSSR count). The second-order valence-electron chi connectivity index (χ2n) is 8.95. The summed E-state index contributed by atoms with van der Waals surface area (Å²) < 4.78 is 13.6. The Morgan fingerprint density at radius 2 is 1.38 bits per heavy atom. The summed E-state index contributed by atoms with van der Waals surface area (Å²) in [6.07, 6.45) is -0.332.